The molecule has 2 rings (SSSR count). The smallest absolute Gasteiger partial charge is 0.284 e. The number of likely N-dealkylation sites (tertiary alicyclic amines) is 1. The molecule has 1 aliphatic heterocycles. The Hall–Kier alpha value is -1.43. The minimum Gasteiger partial charge on any atom is -0.338 e. The van der Waals surface area contributed by atoms with Crippen LogP contribution in [0.1, 0.15) is 37.6 Å². The Balaban J connectivity index is 2.23. The Bertz CT molecular complexity index is 581. The molecule has 0 aromatic heterocycles. The van der Waals surface area contributed by atoms with E-state index in [1.807, 2.05) is 0 Å². The van der Waals surface area contributed by atoms with Crippen LogP contribution in [0.15, 0.2) is 22.7 Å². The van der Waals surface area contributed by atoms with Crippen molar-refractivity contribution in [1.82, 2.24) is 4.90 Å². The van der Waals surface area contributed by atoms with Gasteiger partial charge in [-0.1, -0.05) is 26.8 Å². The molecule has 1 aliphatic rings. The highest BCUT2D eigenvalue weighted by Crippen LogP contribution is 2.35. The number of amides is 1. The number of hydrogen-bond donors (Lipinski definition) is 0. The first kappa shape index (κ1) is 15.9. The van der Waals surface area contributed by atoms with Gasteiger partial charge >= 0.3 is 0 Å². The molecule has 0 N–H and O–H groups in total. The van der Waals surface area contributed by atoms with Crippen LogP contribution in [-0.4, -0.2) is 28.8 Å². The minimum atomic E-state index is -0.483. The van der Waals surface area contributed by atoms with Crippen LogP contribution in [-0.2, 0) is 0 Å². The van der Waals surface area contributed by atoms with Crippen LogP contribution in [0.2, 0.25) is 0 Å². The van der Waals surface area contributed by atoms with Crippen LogP contribution in [0.5, 0.6) is 0 Å². The van der Waals surface area contributed by atoms with E-state index in [0.717, 1.165) is 6.42 Å². The second kappa shape index (κ2) is 5.75. The summed E-state index contributed by atoms with van der Waals surface area (Å²) in [7, 11) is 0. The van der Waals surface area contributed by atoms with Gasteiger partial charge in [0.05, 0.1) is 10.5 Å². The number of rotatable bonds is 2. The quantitative estimate of drug-likeness (QED) is 0.598. The third kappa shape index (κ3) is 3.26. The van der Waals surface area contributed by atoms with Crippen LogP contribution in [0.25, 0.3) is 0 Å². The van der Waals surface area contributed by atoms with Gasteiger partial charge < -0.3 is 4.90 Å². The zero-order chi connectivity index (χ0) is 15.8. The lowest BCUT2D eigenvalue weighted by molar-refractivity contribution is -0.385. The standard InChI is InChI=1S/C15H19BrN2O3/c1-15(2,3)10-7-8-17(9-10)14(19)11-5-4-6-12(13(11)16)18(20)21/h4-6,10H,7-9H2,1-3H3. The minimum absolute atomic E-state index is 0.0765. The molecule has 1 amide bonds. The predicted molar refractivity (Wildman–Crippen MR) is 84.3 cm³/mol. The number of nitro benzene ring substituents is 1. The van der Waals surface area contributed by atoms with E-state index >= 15 is 0 Å². The van der Waals surface area contributed by atoms with Gasteiger partial charge in [0.2, 0.25) is 0 Å². The average molecular weight is 355 g/mol. The van der Waals surface area contributed by atoms with Crippen molar-refractivity contribution < 1.29 is 9.72 Å². The fourth-order valence-corrected chi connectivity index (χ4v) is 3.23. The van der Waals surface area contributed by atoms with Crippen molar-refractivity contribution >= 4 is 27.5 Å². The largest absolute Gasteiger partial charge is 0.338 e. The van der Waals surface area contributed by atoms with Gasteiger partial charge in [-0.25, -0.2) is 0 Å². The number of nitro groups is 1. The van der Waals surface area contributed by atoms with E-state index in [1.165, 1.54) is 6.07 Å². The molecule has 1 fully saturated rings. The highest BCUT2D eigenvalue weighted by Gasteiger charge is 2.35. The second-order valence-corrected chi connectivity index (χ2v) is 7.29. The van der Waals surface area contributed by atoms with Gasteiger partial charge in [0.25, 0.3) is 11.6 Å². The normalized spacial score (nSPS) is 18.9. The summed E-state index contributed by atoms with van der Waals surface area (Å²) in [6.07, 6.45) is 0.974. The van der Waals surface area contributed by atoms with Crippen molar-refractivity contribution in [3.8, 4) is 0 Å². The predicted octanol–water partition coefficient (Wildman–Crippen LogP) is 3.87. The third-order valence-corrected chi connectivity index (χ3v) is 4.94. The Morgan fingerprint density at radius 2 is 2.10 bits per heavy atom. The molecule has 1 aromatic rings. The summed E-state index contributed by atoms with van der Waals surface area (Å²) >= 11 is 3.19. The molecule has 0 saturated carbocycles. The summed E-state index contributed by atoms with van der Waals surface area (Å²) < 4.78 is 0.263. The number of carbonyl (C=O) groups excluding carboxylic acids is 1. The fraction of sp³-hybridized carbons (Fsp3) is 0.533. The van der Waals surface area contributed by atoms with Crippen molar-refractivity contribution in [2.45, 2.75) is 27.2 Å². The summed E-state index contributed by atoms with van der Waals surface area (Å²) in [5.74, 6) is 0.316. The molecule has 1 unspecified atom stereocenters. The average Bonchev–Trinajstić information content (AvgIpc) is 2.87. The highest BCUT2D eigenvalue weighted by atomic mass is 79.9. The Morgan fingerprint density at radius 3 is 2.62 bits per heavy atom. The second-order valence-electron chi connectivity index (χ2n) is 6.50. The lowest BCUT2D eigenvalue weighted by Gasteiger charge is -2.27. The number of hydrogen-bond acceptors (Lipinski definition) is 3. The number of carbonyl (C=O) groups is 1. The fourth-order valence-electron chi connectivity index (χ4n) is 2.65. The first-order chi connectivity index (χ1) is 9.71. The first-order valence-corrected chi connectivity index (χ1v) is 7.73. The molecule has 1 saturated heterocycles. The number of benzene rings is 1. The SMILES string of the molecule is CC(C)(C)C1CCN(C(=O)c2cccc([N+](=O)[O-])c2Br)C1. The Kier molecular flexibility index (Phi) is 4.37. The van der Waals surface area contributed by atoms with Crippen molar-refractivity contribution in [3.63, 3.8) is 0 Å². The lowest BCUT2D eigenvalue weighted by atomic mass is 9.80. The van der Waals surface area contributed by atoms with Crippen molar-refractivity contribution in [2.24, 2.45) is 11.3 Å². The van der Waals surface area contributed by atoms with E-state index in [1.54, 1.807) is 17.0 Å². The van der Waals surface area contributed by atoms with Crippen LogP contribution >= 0.6 is 15.9 Å². The van der Waals surface area contributed by atoms with Crippen molar-refractivity contribution in [3.05, 3.63) is 38.3 Å². The molecule has 6 heteroatoms. The van der Waals surface area contributed by atoms with E-state index < -0.39 is 4.92 Å². The van der Waals surface area contributed by atoms with E-state index in [-0.39, 0.29) is 21.5 Å². The molecule has 1 atom stereocenters. The van der Waals surface area contributed by atoms with E-state index in [2.05, 4.69) is 36.7 Å². The molecular weight excluding hydrogens is 336 g/mol. The molecule has 1 aromatic carbocycles. The van der Waals surface area contributed by atoms with Gasteiger partial charge in [-0.05, 0) is 39.8 Å². The maximum Gasteiger partial charge on any atom is 0.284 e. The summed E-state index contributed by atoms with van der Waals surface area (Å²) in [6.45, 7) is 7.94. The zero-order valence-corrected chi connectivity index (χ0v) is 14.0. The number of halogens is 1. The maximum atomic E-state index is 12.6. The Labute approximate surface area is 132 Å². The van der Waals surface area contributed by atoms with Crippen molar-refractivity contribution in [1.29, 1.82) is 0 Å². The maximum absolute atomic E-state index is 12.6. The van der Waals surface area contributed by atoms with E-state index in [0.29, 0.717) is 24.6 Å². The van der Waals surface area contributed by atoms with E-state index in [4.69, 9.17) is 0 Å². The van der Waals surface area contributed by atoms with Crippen LogP contribution in [0, 0.1) is 21.4 Å². The molecule has 0 radical (unpaired) electrons. The molecule has 5 nitrogen and oxygen atoms in total. The van der Waals surface area contributed by atoms with Crippen LogP contribution < -0.4 is 0 Å². The van der Waals surface area contributed by atoms with Gasteiger partial charge in [-0.2, -0.15) is 0 Å². The molecule has 1 heterocycles. The number of nitrogens with zero attached hydrogens (tertiary/aromatic N) is 2. The van der Waals surface area contributed by atoms with Gasteiger partial charge in [-0.3, -0.25) is 14.9 Å². The van der Waals surface area contributed by atoms with Gasteiger partial charge in [0.1, 0.15) is 4.47 Å². The summed E-state index contributed by atoms with van der Waals surface area (Å²) in [5, 5.41) is 11.0. The molecule has 0 aliphatic carbocycles. The molecule has 0 spiro atoms. The zero-order valence-electron chi connectivity index (χ0n) is 12.4. The molecule has 21 heavy (non-hydrogen) atoms. The first-order valence-electron chi connectivity index (χ1n) is 6.94. The summed E-state index contributed by atoms with van der Waals surface area (Å²) in [4.78, 5) is 24.8. The summed E-state index contributed by atoms with van der Waals surface area (Å²) in [5.41, 5.74) is 0.445. The lowest BCUT2D eigenvalue weighted by Crippen LogP contribution is -2.31. The molecule has 0 bridgehead atoms. The van der Waals surface area contributed by atoms with Crippen LogP contribution in [0.3, 0.4) is 0 Å². The molecular formula is C15H19BrN2O3. The summed E-state index contributed by atoms with van der Waals surface area (Å²) in [6, 6.07) is 4.57. The van der Waals surface area contributed by atoms with Gasteiger partial charge in [-0.15, -0.1) is 0 Å². The highest BCUT2D eigenvalue weighted by molar-refractivity contribution is 9.10. The van der Waals surface area contributed by atoms with Crippen LogP contribution in [0.4, 0.5) is 5.69 Å². The van der Waals surface area contributed by atoms with E-state index in [9.17, 15) is 14.9 Å². The van der Waals surface area contributed by atoms with Gasteiger partial charge in [0, 0.05) is 19.2 Å². The van der Waals surface area contributed by atoms with Gasteiger partial charge in [0.15, 0.2) is 0 Å². The van der Waals surface area contributed by atoms with Crippen molar-refractivity contribution in [2.75, 3.05) is 13.1 Å². The topological polar surface area (TPSA) is 63.5 Å². The Morgan fingerprint density at radius 1 is 1.43 bits per heavy atom. The monoisotopic (exact) mass is 354 g/mol. The third-order valence-electron chi connectivity index (χ3n) is 4.11. The molecule has 114 valence electrons.